The summed E-state index contributed by atoms with van der Waals surface area (Å²) in [4.78, 5) is 26.8. The molecule has 0 fully saturated rings. The van der Waals surface area contributed by atoms with Gasteiger partial charge in [-0.05, 0) is 49.1 Å². The third-order valence-electron chi connectivity index (χ3n) is 4.68. The molecule has 5 nitrogen and oxygen atoms in total. The van der Waals surface area contributed by atoms with Crippen molar-refractivity contribution in [1.29, 1.82) is 0 Å². The van der Waals surface area contributed by atoms with E-state index in [4.69, 9.17) is 4.74 Å². The first kappa shape index (κ1) is 22.4. The van der Waals surface area contributed by atoms with Gasteiger partial charge < -0.3 is 15.0 Å². The van der Waals surface area contributed by atoms with Crippen molar-refractivity contribution < 1.29 is 18.7 Å². The molecule has 0 radical (unpaired) electrons. The number of ether oxygens (including phenoxy) is 1. The molecule has 0 aliphatic rings. The van der Waals surface area contributed by atoms with E-state index in [0.717, 1.165) is 11.1 Å². The SMILES string of the molecule is CCNC(=O)[C@H](C)N(Cc1ccc(F)cc1)C(=O)COc1ccccc1C(C)C. The number of amides is 2. The highest BCUT2D eigenvalue weighted by Gasteiger charge is 2.26. The highest BCUT2D eigenvalue weighted by molar-refractivity contribution is 5.87. The summed E-state index contributed by atoms with van der Waals surface area (Å²) in [6, 6.07) is 12.8. The second-order valence-electron chi connectivity index (χ2n) is 7.20. The number of nitrogens with zero attached hydrogens (tertiary/aromatic N) is 1. The lowest BCUT2D eigenvalue weighted by Crippen LogP contribution is -2.49. The third kappa shape index (κ3) is 6.31. The van der Waals surface area contributed by atoms with Crippen molar-refractivity contribution in [2.75, 3.05) is 13.2 Å². The van der Waals surface area contributed by atoms with Crippen LogP contribution in [-0.2, 0) is 16.1 Å². The zero-order valence-electron chi connectivity index (χ0n) is 17.4. The number of halogens is 1. The van der Waals surface area contributed by atoms with Gasteiger partial charge in [-0.3, -0.25) is 9.59 Å². The van der Waals surface area contributed by atoms with E-state index in [1.54, 1.807) is 19.1 Å². The monoisotopic (exact) mass is 400 g/mol. The Kier molecular flexibility index (Phi) is 8.19. The maximum absolute atomic E-state index is 13.2. The maximum Gasteiger partial charge on any atom is 0.261 e. The Morgan fingerprint density at radius 1 is 1.07 bits per heavy atom. The summed E-state index contributed by atoms with van der Waals surface area (Å²) in [6.07, 6.45) is 0. The summed E-state index contributed by atoms with van der Waals surface area (Å²) in [5, 5.41) is 2.74. The van der Waals surface area contributed by atoms with Gasteiger partial charge in [0.2, 0.25) is 5.91 Å². The Morgan fingerprint density at radius 3 is 2.34 bits per heavy atom. The fourth-order valence-electron chi connectivity index (χ4n) is 3.00. The average Bonchev–Trinajstić information content (AvgIpc) is 2.71. The predicted octanol–water partition coefficient (Wildman–Crippen LogP) is 3.88. The molecule has 29 heavy (non-hydrogen) atoms. The molecule has 0 aromatic heterocycles. The van der Waals surface area contributed by atoms with E-state index in [2.05, 4.69) is 19.2 Å². The number of rotatable bonds is 9. The fraction of sp³-hybridized carbons (Fsp3) is 0.391. The molecule has 0 saturated carbocycles. The van der Waals surface area contributed by atoms with Gasteiger partial charge in [0, 0.05) is 13.1 Å². The smallest absolute Gasteiger partial charge is 0.261 e. The van der Waals surface area contributed by atoms with Crippen LogP contribution in [0, 0.1) is 5.82 Å². The van der Waals surface area contributed by atoms with Gasteiger partial charge in [0.1, 0.15) is 17.6 Å². The largest absolute Gasteiger partial charge is 0.483 e. The molecule has 0 spiro atoms. The molecule has 2 rings (SSSR count). The zero-order chi connectivity index (χ0) is 21.4. The minimum Gasteiger partial charge on any atom is -0.483 e. The first-order valence-corrected chi connectivity index (χ1v) is 9.86. The highest BCUT2D eigenvalue weighted by atomic mass is 19.1. The number of hydrogen-bond donors (Lipinski definition) is 1. The van der Waals surface area contributed by atoms with Gasteiger partial charge in [-0.1, -0.05) is 44.2 Å². The average molecular weight is 400 g/mol. The molecule has 0 aliphatic heterocycles. The Morgan fingerprint density at radius 2 is 1.72 bits per heavy atom. The van der Waals surface area contributed by atoms with Gasteiger partial charge in [0.15, 0.2) is 6.61 Å². The quantitative estimate of drug-likeness (QED) is 0.695. The minimum absolute atomic E-state index is 0.186. The van der Waals surface area contributed by atoms with E-state index in [9.17, 15) is 14.0 Å². The normalized spacial score (nSPS) is 11.8. The first-order chi connectivity index (χ1) is 13.8. The van der Waals surface area contributed by atoms with E-state index in [-0.39, 0.29) is 36.7 Å². The number of hydrogen-bond acceptors (Lipinski definition) is 3. The van der Waals surface area contributed by atoms with Crippen LogP contribution in [0.15, 0.2) is 48.5 Å². The van der Waals surface area contributed by atoms with E-state index in [1.165, 1.54) is 17.0 Å². The number of carbonyl (C=O) groups is 2. The van der Waals surface area contributed by atoms with E-state index in [0.29, 0.717) is 12.3 Å². The Bertz CT molecular complexity index is 821. The topological polar surface area (TPSA) is 58.6 Å². The number of likely N-dealkylation sites (N-methyl/N-ethyl adjacent to an activating group) is 1. The molecule has 0 unspecified atom stereocenters. The van der Waals surface area contributed by atoms with Gasteiger partial charge in [0.05, 0.1) is 0 Å². The molecule has 6 heteroatoms. The summed E-state index contributed by atoms with van der Waals surface area (Å²) in [5.74, 6) is 0.00308. The van der Waals surface area contributed by atoms with Crippen LogP contribution in [0.5, 0.6) is 5.75 Å². The van der Waals surface area contributed by atoms with Crippen molar-refractivity contribution >= 4 is 11.8 Å². The molecule has 0 aliphatic carbocycles. The molecule has 2 aromatic carbocycles. The first-order valence-electron chi connectivity index (χ1n) is 9.86. The molecule has 0 saturated heterocycles. The molecule has 0 bridgehead atoms. The summed E-state index contributed by atoms with van der Waals surface area (Å²) in [6.45, 7) is 8.09. The number of benzene rings is 2. The van der Waals surface area contributed by atoms with Crippen molar-refractivity contribution in [3.63, 3.8) is 0 Å². The van der Waals surface area contributed by atoms with Crippen LogP contribution < -0.4 is 10.1 Å². The molecule has 156 valence electrons. The van der Waals surface area contributed by atoms with Crippen molar-refractivity contribution in [3.05, 3.63) is 65.5 Å². The molecular formula is C23H29FN2O3. The minimum atomic E-state index is -0.684. The Hall–Kier alpha value is -2.89. The van der Waals surface area contributed by atoms with Gasteiger partial charge in [0.25, 0.3) is 5.91 Å². The summed E-state index contributed by atoms with van der Waals surface area (Å²) >= 11 is 0. The van der Waals surface area contributed by atoms with Crippen LogP contribution in [-0.4, -0.2) is 35.9 Å². The third-order valence-corrected chi connectivity index (χ3v) is 4.68. The van der Waals surface area contributed by atoms with Crippen molar-refractivity contribution in [1.82, 2.24) is 10.2 Å². The summed E-state index contributed by atoms with van der Waals surface area (Å²) in [5.41, 5.74) is 1.75. The Labute approximate surface area is 171 Å². The molecule has 1 atom stereocenters. The number of nitrogens with one attached hydrogen (secondary N) is 1. The van der Waals surface area contributed by atoms with Crippen LogP contribution >= 0.6 is 0 Å². The van der Waals surface area contributed by atoms with Crippen LogP contribution in [0.3, 0.4) is 0 Å². The van der Waals surface area contributed by atoms with Crippen molar-refractivity contribution in [2.24, 2.45) is 0 Å². The van der Waals surface area contributed by atoms with Crippen LogP contribution in [0.2, 0.25) is 0 Å². The molecule has 2 aromatic rings. The van der Waals surface area contributed by atoms with Crippen LogP contribution in [0.4, 0.5) is 4.39 Å². The van der Waals surface area contributed by atoms with Gasteiger partial charge in [-0.2, -0.15) is 0 Å². The molecule has 0 heterocycles. The molecule has 1 N–H and O–H groups in total. The van der Waals surface area contributed by atoms with E-state index < -0.39 is 6.04 Å². The second kappa shape index (κ2) is 10.6. The lowest BCUT2D eigenvalue weighted by atomic mass is 10.0. The zero-order valence-corrected chi connectivity index (χ0v) is 17.4. The van der Waals surface area contributed by atoms with E-state index >= 15 is 0 Å². The highest BCUT2D eigenvalue weighted by Crippen LogP contribution is 2.26. The van der Waals surface area contributed by atoms with Gasteiger partial charge in [-0.15, -0.1) is 0 Å². The number of carbonyl (C=O) groups excluding carboxylic acids is 2. The fourth-order valence-corrected chi connectivity index (χ4v) is 3.00. The van der Waals surface area contributed by atoms with Crippen LogP contribution in [0.1, 0.15) is 44.7 Å². The van der Waals surface area contributed by atoms with Crippen molar-refractivity contribution in [2.45, 2.75) is 46.2 Å². The summed E-state index contributed by atoms with van der Waals surface area (Å²) < 4.78 is 19.0. The second-order valence-corrected chi connectivity index (χ2v) is 7.20. The van der Waals surface area contributed by atoms with Gasteiger partial charge >= 0.3 is 0 Å². The van der Waals surface area contributed by atoms with Gasteiger partial charge in [-0.25, -0.2) is 4.39 Å². The standard InChI is InChI=1S/C23H29FN2O3/c1-5-25-23(28)17(4)26(14-18-10-12-19(24)13-11-18)22(27)15-29-21-9-7-6-8-20(21)16(2)3/h6-13,16-17H,5,14-15H2,1-4H3,(H,25,28)/t17-/m0/s1. The number of para-hydroxylation sites is 1. The van der Waals surface area contributed by atoms with Crippen LogP contribution in [0.25, 0.3) is 0 Å². The van der Waals surface area contributed by atoms with Crippen molar-refractivity contribution in [3.8, 4) is 5.75 Å². The Balaban J connectivity index is 2.17. The summed E-state index contributed by atoms with van der Waals surface area (Å²) in [7, 11) is 0. The van der Waals surface area contributed by atoms with E-state index in [1.807, 2.05) is 31.2 Å². The lowest BCUT2D eigenvalue weighted by molar-refractivity contribution is -0.142. The lowest BCUT2D eigenvalue weighted by Gasteiger charge is -2.29. The molecule has 2 amide bonds. The predicted molar refractivity (Wildman–Crippen MR) is 111 cm³/mol. The molecular weight excluding hydrogens is 371 g/mol. The maximum atomic E-state index is 13.2.